The largest absolute Gasteiger partial charge is 0.544 e. The van der Waals surface area contributed by atoms with Crippen LogP contribution in [0.25, 0.3) is 0 Å². The average Bonchev–Trinajstić information content (AvgIpc) is 3.29. The molecular formula is C18H32Cl2N2OSi. The van der Waals surface area contributed by atoms with Crippen LogP contribution in [0.15, 0.2) is 24.3 Å². The van der Waals surface area contributed by atoms with E-state index in [-0.39, 0.29) is 24.8 Å². The van der Waals surface area contributed by atoms with Crippen molar-refractivity contribution < 1.29 is 4.43 Å². The number of nitrogens with one attached hydrogen (secondary N) is 1. The zero-order valence-electron chi connectivity index (χ0n) is 15.1. The van der Waals surface area contributed by atoms with E-state index in [9.17, 15) is 0 Å². The van der Waals surface area contributed by atoms with Gasteiger partial charge in [0.25, 0.3) is 0 Å². The summed E-state index contributed by atoms with van der Waals surface area (Å²) in [6.45, 7) is 11.3. The lowest BCUT2D eigenvalue weighted by atomic mass is 9.98. The second-order valence-electron chi connectivity index (χ2n) is 7.76. The van der Waals surface area contributed by atoms with Gasteiger partial charge in [0.1, 0.15) is 5.75 Å². The fraction of sp³-hybridized carbons (Fsp3) is 0.667. The van der Waals surface area contributed by atoms with E-state index in [0.29, 0.717) is 6.04 Å². The normalized spacial score (nSPS) is 19.8. The molecule has 24 heavy (non-hydrogen) atoms. The van der Waals surface area contributed by atoms with Crippen molar-refractivity contribution >= 4 is 33.1 Å². The highest BCUT2D eigenvalue weighted by atomic mass is 35.5. The van der Waals surface area contributed by atoms with E-state index < -0.39 is 8.32 Å². The van der Waals surface area contributed by atoms with E-state index in [1.165, 1.54) is 37.9 Å². The molecule has 1 aliphatic carbocycles. The fourth-order valence-corrected chi connectivity index (χ4v) is 4.11. The van der Waals surface area contributed by atoms with E-state index in [0.717, 1.165) is 24.8 Å². The third-order valence-electron chi connectivity index (χ3n) is 4.53. The third-order valence-corrected chi connectivity index (χ3v) is 5.38. The summed E-state index contributed by atoms with van der Waals surface area (Å²) in [5, 5.41) is 3.47. The van der Waals surface area contributed by atoms with Crippen LogP contribution >= 0.6 is 24.8 Å². The molecule has 6 heteroatoms. The van der Waals surface area contributed by atoms with Gasteiger partial charge in [-0.15, -0.1) is 24.8 Å². The third kappa shape index (κ3) is 6.56. The van der Waals surface area contributed by atoms with Gasteiger partial charge >= 0.3 is 0 Å². The number of hydrogen-bond donors (Lipinski definition) is 1. The summed E-state index contributed by atoms with van der Waals surface area (Å²) in [7, 11) is -1.51. The van der Waals surface area contributed by atoms with Crippen LogP contribution in [0.3, 0.4) is 0 Å². The summed E-state index contributed by atoms with van der Waals surface area (Å²) in [6.07, 6.45) is 4.19. The maximum absolute atomic E-state index is 6.09. The van der Waals surface area contributed by atoms with Gasteiger partial charge in [0.05, 0.1) is 0 Å². The SMILES string of the molecule is C[Si](C)(C)Oc1ccc([C@@H](CC2CC2)N2CCNCC2)cc1.Cl.Cl. The molecule has 1 aromatic rings. The molecule has 1 atom stereocenters. The van der Waals surface area contributed by atoms with Gasteiger partial charge in [0, 0.05) is 32.2 Å². The minimum absolute atomic E-state index is 0. The molecule has 1 aliphatic heterocycles. The summed E-state index contributed by atoms with van der Waals surface area (Å²) in [4.78, 5) is 2.67. The second-order valence-corrected chi connectivity index (χ2v) is 12.2. The van der Waals surface area contributed by atoms with Gasteiger partial charge in [0.2, 0.25) is 8.32 Å². The molecule has 0 bridgehead atoms. The van der Waals surface area contributed by atoms with Crippen molar-refractivity contribution in [1.29, 1.82) is 0 Å². The predicted octanol–water partition coefficient (Wildman–Crippen LogP) is 4.49. The van der Waals surface area contributed by atoms with Crippen molar-refractivity contribution in [2.45, 2.75) is 44.9 Å². The quantitative estimate of drug-likeness (QED) is 0.723. The zero-order chi connectivity index (χ0) is 15.6. The molecular weight excluding hydrogens is 359 g/mol. The molecule has 0 radical (unpaired) electrons. The topological polar surface area (TPSA) is 24.5 Å². The van der Waals surface area contributed by atoms with Crippen molar-refractivity contribution in [3.05, 3.63) is 29.8 Å². The maximum atomic E-state index is 6.09. The van der Waals surface area contributed by atoms with E-state index in [1.54, 1.807) is 0 Å². The van der Waals surface area contributed by atoms with Gasteiger partial charge in [-0.25, -0.2) is 0 Å². The van der Waals surface area contributed by atoms with Crippen molar-refractivity contribution in [3.63, 3.8) is 0 Å². The number of rotatable bonds is 6. The smallest absolute Gasteiger partial charge is 0.242 e. The first-order chi connectivity index (χ1) is 10.5. The van der Waals surface area contributed by atoms with Crippen LogP contribution in [0, 0.1) is 5.92 Å². The summed E-state index contributed by atoms with van der Waals surface area (Å²) in [5.74, 6) is 1.99. The lowest BCUT2D eigenvalue weighted by Gasteiger charge is -2.35. The lowest BCUT2D eigenvalue weighted by Crippen LogP contribution is -2.45. The van der Waals surface area contributed by atoms with E-state index in [2.05, 4.69) is 54.1 Å². The van der Waals surface area contributed by atoms with Crippen LogP contribution in [0.5, 0.6) is 5.75 Å². The molecule has 1 heterocycles. The number of halogens is 2. The van der Waals surface area contributed by atoms with E-state index in [4.69, 9.17) is 4.43 Å². The summed E-state index contributed by atoms with van der Waals surface area (Å²) in [5.41, 5.74) is 1.47. The first kappa shape index (κ1) is 21.8. The number of nitrogens with zero attached hydrogens (tertiary/aromatic N) is 1. The summed E-state index contributed by atoms with van der Waals surface area (Å²) >= 11 is 0. The standard InChI is InChI=1S/C18H30N2OSi.2ClH/c1-22(2,3)21-17-8-6-16(7-9-17)18(14-15-4-5-15)20-12-10-19-11-13-20;;/h6-9,15,18-19H,4-5,10-14H2,1-3H3;2*1H/t18-;;/m1../s1. The van der Waals surface area contributed by atoms with Crippen molar-refractivity contribution in [1.82, 2.24) is 10.2 Å². The summed E-state index contributed by atoms with van der Waals surface area (Å²) in [6, 6.07) is 9.54. The molecule has 3 nitrogen and oxygen atoms in total. The molecule has 0 amide bonds. The molecule has 0 unspecified atom stereocenters. The minimum Gasteiger partial charge on any atom is -0.544 e. The number of hydrogen-bond acceptors (Lipinski definition) is 3. The minimum atomic E-state index is -1.51. The molecule has 2 fully saturated rings. The Kier molecular flexibility index (Phi) is 8.57. The Hall–Kier alpha value is -0.263. The van der Waals surface area contributed by atoms with Gasteiger partial charge in [-0.2, -0.15) is 0 Å². The Morgan fingerprint density at radius 1 is 1.08 bits per heavy atom. The molecule has 0 aromatic heterocycles. The molecule has 138 valence electrons. The van der Waals surface area contributed by atoms with Crippen LogP contribution in [0.2, 0.25) is 19.6 Å². The van der Waals surface area contributed by atoms with Crippen LogP contribution < -0.4 is 9.74 Å². The van der Waals surface area contributed by atoms with E-state index >= 15 is 0 Å². The van der Waals surface area contributed by atoms with Crippen molar-refractivity contribution in [2.75, 3.05) is 26.2 Å². The van der Waals surface area contributed by atoms with Gasteiger partial charge in [-0.05, 0) is 49.7 Å². The van der Waals surface area contributed by atoms with E-state index in [1.807, 2.05) is 0 Å². The predicted molar refractivity (Wildman–Crippen MR) is 109 cm³/mol. The Bertz CT molecular complexity index is 483. The van der Waals surface area contributed by atoms with Crippen LogP contribution in [-0.2, 0) is 0 Å². The zero-order valence-corrected chi connectivity index (χ0v) is 17.7. The first-order valence-electron chi connectivity index (χ1n) is 8.75. The highest BCUT2D eigenvalue weighted by Gasteiger charge is 2.30. The Labute approximate surface area is 160 Å². The van der Waals surface area contributed by atoms with Gasteiger partial charge in [-0.3, -0.25) is 4.90 Å². The van der Waals surface area contributed by atoms with Gasteiger partial charge in [0.15, 0.2) is 0 Å². The highest BCUT2D eigenvalue weighted by molar-refractivity contribution is 6.70. The van der Waals surface area contributed by atoms with Crippen LogP contribution in [0.4, 0.5) is 0 Å². The highest BCUT2D eigenvalue weighted by Crippen LogP contribution is 2.40. The molecule has 3 rings (SSSR count). The Morgan fingerprint density at radius 3 is 2.17 bits per heavy atom. The molecule has 1 aromatic carbocycles. The number of piperazine rings is 1. The fourth-order valence-electron chi connectivity index (χ4n) is 3.27. The first-order valence-corrected chi connectivity index (χ1v) is 12.2. The molecule has 2 aliphatic rings. The summed E-state index contributed by atoms with van der Waals surface area (Å²) < 4.78 is 6.09. The van der Waals surface area contributed by atoms with Crippen LogP contribution in [0.1, 0.15) is 30.9 Å². The van der Waals surface area contributed by atoms with Gasteiger partial charge in [-0.1, -0.05) is 25.0 Å². The average molecular weight is 391 g/mol. The number of benzene rings is 1. The molecule has 0 spiro atoms. The Morgan fingerprint density at radius 2 is 1.67 bits per heavy atom. The maximum Gasteiger partial charge on any atom is 0.242 e. The molecule has 1 saturated heterocycles. The Balaban J connectivity index is 0.00000144. The molecule has 1 N–H and O–H groups in total. The van der Waals surface area contributed by atoms with Crippen molar-refractivity contribution in [3.8, 4) is 5.75 Å². The molecule has 1 saturated carbocycles. The lowest BCUT2D eigenvalue weighted by molar-refractivity contribution is 0.160. The monoisotopic (exact) mass is 390 g/mol. The second kappa shape index (κ2) is 9.44. The van der Waals surface area contributed by atoms with Crippen LogP contribution in [-0.4, -0.2) is 39.4 Å². The van der Waals surface area contributed by atoms with Crippen molar-refractivity contribution in [2.24, 2.45) is 5.92 Å². The van der Waals surface area contributed by atoms with Gasteiger partial charge < -0.3 is 9.74 Å².